The monoisotopic (exact) mass is 667 g/mol. The molecule has 13 heteroatoms. The van der Waals surface area contributed by atoms with Crippen molar-refractivity contribution in [1.82, 2.24) is 36.0 Å². The average molecular weight is 668 g/mol. The third kappa shape index (κ3) is 23.4. The summed E-state index contributed by atoms with van der Waals surface area (Å²) in [6, 6.07) is 0. The van der Waals surface area contributed by atoms with Crippen LogP contribution in [-0.4, -0.2) is 149 Å². The van der Waals surface area contributed by atoms with Gasteiger partial charge in [0.2, 0.25) is 17.7 Å². The highest BCUT2D eigenvalue weighted by Crippen LogP contribution is 2.08. The first-order chi connectivity index (χ1) is 22.6. The number of amides is 3. The Bertz CT molecular complexity index is 874. The van der Waals surface area contributed by atoms with Gasteiger partial charge in [-0.1, -0.05) is 11.6 Å². The molecule has 272 valence electrons. The number of aliphatic hydroxyl groups is 1. The van der Waals surface area contributed by atoms with E-state index in [4.69, 9.17) is 5.11 Å². The van der Waals surface area contributed by atoms with Gasteiger partial charge in [0.15, 0.2) is 0 Å². The molecule has 7 aliphatic rings. The number of carbonyl (C=O) groups excluding carboxylic acids is 4. The van der Waals surface area contributed by atoms with Gasteiger partial charge >= 0.3 is 5.97 Å². The lowest BCUT2D eigenvalue weighted by atomic mass is 10.3. The zero-order valence-corrected chi connectivity index (χ0v) is 29.7. The van der Waals surface area contributed by atoms with Gasteiger partial charge in [-0.3, -0.25) is 19.2 Å². The number of rotatable bonds is 2. The minimum Gasteiger partial charge on any atom is -0.468 e. The maximum absolute atomic E-state index is 10.9. The van der Waals surface area contributed by atoms with E-state index in [0.717, 1.165) is 77.8 Å². The van der Waals surface area contributed by atoms with Gasteiger partial charge in [-0.05, 0) is 98.1 Å². The molecule has 5 N–H and O–H groups in total. The summed E-state index contributed by atoms with van der Waals surface area (Å²) in [6.07, 6.45) is 13.7. The molecule has 0 aromatic carbocycles. The fraction of sp³-hybridized carbons (Fsp3) is 0.824. The normalized spacial score (nSPS) is 22.8. The molecule has 7 aliphatic heterocycles. The van der Waals surface area contributed by atoms with E-state index < -0.39 is 0 Å². The Hall–Kier alpha value is -2.58. The van der Waals surface area contributed by atoms with E-state index in [0.29, 0.717) is 18.9 Å². The number of carbonyl (C=O) groups is 4. The summed E-state index contributed by atoms with van der Waals surface area (Å²) in [6.45, 7) is 13.9. The van der Waals surface area contributed by atoms with Gasteiger partial charge in [0.1, 0.15) is 6.54 Å². The molecule has 3 amide bonds. The zero-order chi connectivity index (χ0) is 34.7. The number of ether oxygens (including phenoxy) is 1. The highest BCUT2D eigenvalue weighted by atomic mass is 16.5. The molecule has 0 aromatic rings. The molecule has 1 atom stereocenters. The van der Waals surface area contributed by atoms with Crippen molar-refractivity contribution < 1.29 is 29.0 Å². The Labute approximate surface area is 283 Å². The number of nitrogens with one attached hydrogen (secondary N) is 4. The van der Waals surface area contributed by atoms with Crippen LogP contribution < -0.4 is 21.3 Å². The van der Waals surface area contributed by atoms with Crippen molar-refractivity contribution in [3.05, 3.63) is 11.6 Å². The third-order valence-corrected chi connectivity index (χ3v) is 8.25. The van der Waals surface area contributed by atoms with Crippen LogP contribution in [0.25, 0.3) is 0 Å². The van der Waals surface area contributed by atoms with E-state index in [1.54, 1.807) is 4.90 Å². The highest BCUT2D eigenvalue weighted by molar-refractivity contribution is 5.83. The third-order valence-electron chi connectivity index (χ3n) is 8.25. The van der Waals surface area contributed by atoms with Crippen molar-refractivity contribution in [2.24, 2.45) is 0 Å². The Morgan fingerprint density at radius 2 is 1.51 bits per heavy atom. The summed E-state index contributed by atoms with van der Waals surface area (Å²) in [7, 11) is 5.34. The summed E-state index contributed by atoms with van der Waals surface area (Å²) in [5.74, 6) is 0.200. The number of nitrogens with zero attached hydrogens (tertiary/aromatic N) is 3. The molecule has 0 aromatic heterocycles. The predicted molar refractivity (Wildman–Crippen MR) is 186 cm³/mol. The molecule has 0 spiro atoms. The summed E-state index contributed by atoms with van der Waals surface area (Å²) >= 11 is 0. The number of β-amino-alcohol motifs (C(OH)–C–C–N with tert-alkyl or cyclic N) is 1. The molecule has 0 bridgehead atoms. The second-order valence-electron chi connectivity index (χ2n) is 12.7. The van der Waals surface area contributed by atoms with Crippen LogP contribution in [0.5, 0.6) is 0 Å². The molecule has 0 aliphatic carbocycles. The lowest BCUT2D eigenvalue weighted by Crippen LogP contribution is -2.31. The van der Waals surface area contributed by atoms with E-state index in [9.17, 15) is 19.2 Å². The van der Waals surface area contributed by atoms with Gasteiger partial charge in [0.05, 0.1) is 13.2 Å². The molecular formula is C34H65N7O6. The largest absolute Gasteiger partial charge is 0.468 e. The standard InChI is InChI=1S/C7H11NO3.C5H9NO.C5H9N.C5H11N.C4H9NO.C4H7NO.C4H9N/c1-11-7(10)5-8-4-2-3-6(8)9;1-6-4-2-3-5(6)7;1-5-2-3-6-4-5;1-6-4-2-3-5-6;6-4-1-2-5-3-4;6-4-2-1-3-5-4;1-2-4-5-3-1/h2-5H2,1H3;2-4H2,1H3;2,6H,3-4H2,1H3;2-5H2,1H3;4-6H,1-3H2;1-3H2,(H,5,6);5H,1-4H2. The summed E-state index contributed by atoms with van der Waals surface area (Å²) < 4.78 is 4.43. The summed E-state index contributed by atoms with van der Waals surface area (Å²) in [5.41, 5.74) is 1.47. The second-order valence-corrected chi connectivity index (χ2v) is 12.7. The van der Waals surface area contributed by atoms with Crippen molar-refractivity contribution in [3.8, 4) is 0 Å². The van der Waals surface area contributed by atoms with Gasteiger partial charge in [-0.2, -0.15) is 0 Å². The van der Waals surface area contributed by atoms with Crippen LogP contribution in [-0.2, 0) is 23.9 Å². The first-order valence-corrected chi connectivity index (χ1v) is 17.6. The van der Waals surface area contributed by atoms with Gasteiger partial charge in [-0.25, -0.2) is 0 Å². The lowest BCUT2D eigenvalue weighted by molar-refractivity contribution is -0.145. The van der Waals surface area contributed by atoms with Crippen molar-refractivity contribution in [2.45, 2.75) is 83.7 Å². The molecule has 7 rings (SSSR count). The van der Waals surface area contributed by atoms with E-state index in [2.05, 4.69) is 51.0 Å². The second kappa shape index (κ2) is 27.4. The average Bonchev–Trinajstić information content (AvgIpc) is 3.90. The maximum atomic E-state index is 10.9. The smallest absolute Gasteiger partial charge is 0.325 e. The van der Waals surface area contributed by atoms with Crippen molar-refractivity contribution in [2.75, 3.05) is 99.7 Å². The van der Waals surface area contributed by atoms with Crippen LogP contribution >= 0.6 is 0 Å². The summed E-state index contributed by atoms with van der Waals surface area (Å²) in [5, 5.41) is 20.8. The van der Waals surface area contributed by atoms with Crippen molar-refractivity contribution in [1.29, 1.82) is 0 Å². The first-order valence-electron chi connectivity index (χ1n) is 17.6. The van der Waals surface area contributed by atoms with Crippen LogP contribution in [0, 0.1) is 0 Å². The maximum Gasteiger partial charge on any atom is 0.325 e. The fourth-order valence-electron chi connectivity index (χ4n) is 5.17. The number of methoxy groups -OCH3 is 1. The molecule has 7 heterocycles. The lowest BCUT2D eigenvalue weighted by Gasteiger charge is -2.12. The van der Waals surface area contributed by atoms with Crippen LogP contribution in [0.2, 0.25) is 0 Å². The molecule has 6 fully saturated rings. The number of hydrogen-bond acceptors (Lipinski definition) is 10. The van der Waals surface area contributed by atoms with Crippen LogP contribution in [0.1, 0.15) is 77.6 Å². The minimum atomic E-state index is -0.347. The number of likely N-dealkylation sites (tertiary alicyclic amines) is 3. The fourth-order valence-corrected chi connectivity index (χ4v) is 5.17. The van der Waals surface area contributed by atoms with Crippen LogP contribution in [0.3, 0.4) is 0 Å². The molecular weight excluding hydrogens is 602 g/mol. The van der Waals surface area contributed by atoms with Gasteiger partial charge in [-0.15, -0.1) is 0 Å². The van der Waals surface area contributed by atoms with Crippen molar-refractivity contribution in [3.63, 3.8) is 0 Å². The molecule has 0 saturated carbocycles. The minimum absolute atomic E-state index is 0.0513. The molecule has 0 radical (unpaired) electrons. The van der Waals surface area contributed by atoms with Crippen molar-refractivity contribution >= 4 is 23.7 Å². The van der Waals surface area contributed by atoms with E-state index in [1.165, 1.54) is 69.4 Å². The Kier molecular flexibility index (Phi) is 24.7. The first kappa shape index (κ1) is 42.4. The van der Waals surface area contributed by atoms with Gasteiger partial charge in [0, 0.05) is 65.6 Å². The molecule has 6 saturated heterocycles. The van der Waals surface area contributed by atoms with Gasteiger partial charge in [0.25, 0.3) is 0 Å². The van der Waals surface area contributed by atoms with E-state index in [1.807, 2.05) is 7.05 Å². The SMILES string of the molecule is C1CCNC1.CC1=CCNC1.CN1CCCC1.CN1CCCC1=O.COC(=O)CN1CCCC1=O.O=C1CCCN1.OC1CCNC1. The number of aliphatic hydroxyl groups excluding tert-OH is 1. The zero-order valence-electron chi connectivity index (χ0n) is 29.7. The molecule has 13 nitrogen and oxygen atoms in total. The Balaban J connectivity index is 0.000000278. The van der Waals surface area contributed by atoms with Crippen LogP contribution in [0.15, 0.2) is 11.6 Å². The Morgan fingerprint density at radius 3 is 1.74 bits per heavy atom. The topological polar surface area (TPSA) is 156 Å². The molecule has 1 unspecified atom stereocenters. The number of hydrogen-bond donors (Lipinski definition) is 5. The Morgan fingerprint density at radius 1 is 0.830 bits per heavy atom. The summed E-state index contributed by atoms with van der Waals surface area (Å²) in [4.78, 5) is 47.9. The van der Waals surface area contributed by atoms with Crippen LogP contribution in [0.4, 0.5) is 0 Å². The molecule has 47 heavy (non-hydrogen) atoms. The van der Waals surface area contributed by atoms with Gasteiger partial charge < -0.3 is 45.8 Å². The quantitative estimate of drug-likeness (QED) is 0.212. The predicted octanol–water partition coefficient (Wildman–Crippen LogP) is 0.875. The highest BCUT2D eigenvalue weighted by Gasteiger charge is 2.22. The number of esters is 1. The van der Waals surface area contributed by atoms with E-state index >= 15 is 0 Å². The van der Waals surface area contributed by atoms with E-state index in [-0.39, 0.29) is 30.4 Å².